The van der Waals surface area contributed by atoms with Gasteiger partial charge in [-0.25, -0.2) is 0 Å². The lowest BCUT2D eigenvalue weighted by atomic mass is 9.98. The van der Waals surface area contributed by atoms with Crippen molar-refractivity contribution in [2.24, 2.45) is 29.2 Å². The van der Waals surface area contributed by atoms with Gasteiger partial charge in [0.2, 0.25) is 29.5 Å². The van der Waals surface area contributed by atoms with Crippen LogP contribution in [0.5, 0.6) is 0 Å². The minimum atomic E-state index is -2.42. The molecule has 3 heterocycles. The first kappa shape index (κ1) is 75.8. The van der Waals surface area contributed by atoms with E-state index in [4.69, 9.17) is 21.7 Å². The molecule has 0 radical (unpaired) electrons. The Morgan fingerprint density at radius 2 is 0.767 bits per heavy atom. The van der Waals surface area contributed by atoms with Gasteiger partial charge in [-0.2, -0.15) is 35.3 Å². The summed E-state index contributed by atoms with van der Waals surface area (Å²) in [7, 11) is 0. The Labute approximate surface area is 497 Å². The Balaban J connectivity index is 0.000000653. The molecule has 480 valence electrons. The number of carbonyl (C=O) groups excluding carboxylic acids is 9. The van der Waals surface area contributed by atoms with E-state index in [9.17, 15) is 123 Å². The van der Waals surface area contributed by atoms with Crippen LogP contribution in [0.25, 0.3) is 0 Å². The zero-order valence-corrected chi connectivity index (χ0v) is 48.5. The van der Waals surface area contributed by atoms with Gasteiger partial charge in [-0.05, 0) is 26.7 Å². The molecule has 3 fully saturated rings. The number of amides is 5. The van der Waals surface area contributed by atoms with Crippen LogP contribution in [0.1, 0.15) is 59.3 Å². The third-order valence-corrected chi connectivity index (χ3v) is 16.3. The van der Waals surface area contributed by atoms with Gasteiger partial charge < -0.3 is 52.1 Å². The number of nitrogens with two attached hydrogens (primary N) is 2. The van der Waals surface area contributed by atoms with Gasteiger partial charge in [-0.15, -0.1) is 0 Å². The van der Waals surface area contributed by atoms with Crippen molar-refractivity contribution >= 4 is 106 Å². The number of carbonyl (C=O) groups is 12. The maximum atomic E-state index is 12.3. The lowest BCUT2D eigenvalue weighted by Crippen LogP contribution is -2.71. The van der Waals surface area contributed by atoms with E-state index in [1.165, 1.54) is 13.8 Å². The summed E-state index contributed by atoms with van der Waals surface area (Å²) in [5.74, 6) is -10.9. The van der Waals surface area contributed by atoms with E-state index in [0.717, 1.165) is 50.0 Å². The van der Waals surface area contributed by atoms with Crippen LogP contribution in [0.2, 0.25) is 0 Å². The molecule has 0 aliphatic carbocycles. The molecule has 0 spiro atoms. The molecule has 40 nitrogen and oxygen atoms in total. The molecular formula is C43H63N13O27S3. The predicted octanol–water partition coefficient (Wildman–Crippen LogP) is -3.90. The first-order chi connectivity index (χ1) is 39.8. The number of likely N-dealkylation sites (tertiary alicyclic amines) is 3. The van der Waals surface area contributed by atoms with Crippen molar-refractivity contribution in [2.75, 3.05) is 86.9 Å². The fourth-order valence-corrected chi connectivity index (χ4v) is 10.3. The Kier molecular flexibility index (Phi) is 30.6. The van der Waals surface area contributed by atoms with E-state index in [1.54, 1.807) is 6.92 Å². The Morgan fingerprint density at radius 3 is 1.05 bits per heavy atom. The van der Waals surface area contributed by atoms with Crippen LogP contribution in [-0.2, 0) is 57.5 Å². The highest BCUT2D eigenvalue weighted by Crippen LogP contribution is 2.29. The highest BCUT2D eigenvalue weighted by molar-refractivity contribution is 8.00. The first-order valence-corrected chi connectivity index (χ1v) is 28.5. The number of nitrogens with zero attached hydrogens (tertiary/aromatic N) is 9. The number of Topliss-reactive ketones (excluding diaryl/α,β-unsaturated/α-hetero) is 4. The van der Waals surface area contributed by atoms with Crippen molar-refractivity contribution < 1.29 is 102 Å². The van der Waals surface area contributed by atoms with Crippen molar-refractivity contribution in [3.8, 4) is 0 Å². The third-order valence-electron chi connectivity index (χ3n) is 12.9. The quantitative estimate of drug-likeness (QED) is 0.0178. The van der Waals surface area contributed by atoms with Gasteiger partial charge >= 0.3 is 34.9 Å². The smallest absolute Gasteiger partial charge is 0.481 e. The zero-order valence-electron chi connectivity index (χ0n) is 46.1. The molecule has 5 atom stereocenters. The number of carboxylic acids is 3. The molecule has 0 bridgehead atoms. The van der Waals surface area contributed by atoms with Crippen molar-refractivity contribution in [2.45, 2.75) is 88.4 Å². The van der Waals surface area contributed by atoms with Crippen LogP contribution < -0.4 is 22.1 Å². The second kappa shape index (κ2) is 34.7. The largest absolute Gasteiger partial charge is 0.492 e. The summed E-state index contributed by atoms with van der Waals surface area (Å²) in [5.41, 5.74) is 3.96. The summed E-state index contributed by atoms with van der Waals surface area (Å²) in [6.07, 6.45) is -0.442. The standard InChI is InChI=1S/C17H25N5O10S.C15H22N4O9S.C11H16N4O8S/c1-10(23)13(18)3-2-12(24)4-11(16(28)19-5-15(26)27)6-33-7-14(25)20-8-17(9-20,21(29)30)22(31)32;1-9(20)12(16)3-2-11(21)4-10(14(23)24)5-29-6-13(22)17-7-15(8-17,18(25)26)19(27)28;1-7(10(19)12-2-9(17)18)3-24-4-8(16)13-5-11(6-13,14(20)21)15(22)23/h11,13H,2-9,18H2,1H3,(H,19,28)(H,26,27);10,12H,2-8,16H2,1H3,(H,23,24);7H,2-6H2,1H3,(H,12,19)(H,17,18)/t11-,13?;10-,12?;7-/m000/s1. The zero-order chi connectivity index (χ0) is 66.2. The summed E-state index contributed by atoms with van der Waals surface area (Å²) >= 11 is 2.94. The molecule has 0 aromatic heterocycles. The molecule has 0 aromatic carbocycles. The molecule has 3 saturated heterocycles. The number of aliphatic carboxylic acids is 3. The van der Waals surface area contributed by atoms with Crippen molar-refractivity contribution in [1.29, 1.82) is 0 Å². The Hall–Kier alpha value is -8.19. The number of rotatable bonds is 37. The normalized spacial score (nSPS) is 16.5. The predicted molar refractivity (Wildman–Crippen MR) is 292 cm³/mol. The van der Waals surface area contributed by atoms with Crippen molar-refractivity contribution in [3.63, 3.8) is 0 Å². The summed E-state index contributed by atoms with van der Waals surface area (Å²) in [6.45, 7) is -0.844. The molecule has 86 heavy (non-hydrogen) atoms. The molecule has 3 rings (SSSR count). The van der Waals surface area contributed by atoms with Gasteiger partial charge in [-0.1, -0.05) is 6.92 Å². The number of ketones is 4. The van der Waals surface area contributed by atoms with Gasteiger partial charge in [-0.3, -0.25) is 118 Å². The number of carboxylic acid groups (broad SMARTS) is 3. The van der Waals surface area contributed by atoms with Crippen molar-refractivity contribution in [3.05, 3.63) is 60.7 Å². The summed E-state index contributed by atoms with van der Waals surface area (Å²) in [4.78, 5) is 200. The van der Waals surface area contributed by atoms with E-state index in [1.807, 2.05) is 0 Å². The number of thioether (sulfide) groups is 3. The second-order valence-corrected chi connectivity index (χ2v) is 22.7. The fraction of sp³-hybridized carbons (Fsp3) is 0.721. The number of nitrogens with one attached hydrogen (secondary N) is 2. The molecule has 9 N–H and O–H groups in total. The fourth-order valence-electron chi connectivity index (χ4n) is 7.25. The maximum absolute atomic E-state index is 12.3. The van der Waals surface area contributed by atoms with E-state index in [2.05, 4.69) is 10.6 Å². The molecule has 3 aliphatic heterocycles. The van der Waals surface area contributed by atoms with Crippen LogP contribution in [0.3, 0.4) is 0 Å². The van der Waals surface area contributed by atoms with Crippen LogP contribution in [-0.4, -0.2) is 246 Å². The van der Waals surface area contributed by atoms with Crippen LogP contribution in [0.4, 0.5) is 0 Å². The van der Waals surface area contributed by atoms with E-state index < -0.39 is 176 Å². The molecule has 43 heteroatoms. The lowest BCUT2D eigenvalue weighted by molar-refractivity contribution is -0.809. The van der Waals surface area contributed by atoms with Crippen LogP contribution in [0.15, 0.2) is 0 Å². The summed E-state index contributed by atoms with van der Waals surface area (Å²) < 4.78 is 0. The molecule has 5 amide bonds. The number of hydrogen-bond donors (Lipinski definition) is 7. The maximum Gasteiger partial charge on any atom is 0.492 e. The van der Waals surface area contributed by atoms with Crippen LogP contribution in [0, 0.1) is 78.4 Å². The number of nitro groups is 6. The highest BCUT2D eigenvalue weighted by atomic mass is 32.2. The Morgan fingerprint density at radius 1 is 0.488 bits per heavy atom. The average Bonchev–Trinajstić information content (AvgIpc) is 1.02. The Bertz CT molecular complexity index is 2600. The number of hydrogen-bond acceptors (Lipinski definition) is 29. The summed E-state index contributed by atoms with van der Waals surface area (Å²) in [5, 5.41) is 95.7. The SMILES string of the molecule is CC(=O)C(N)CCC(=O)C[C@@H](CSCC(=O)N1CC([N+](=O)[O-])([N+](=O)[O-])C1)C(=O)NCC(=O)O.CC(=O)C(N)CCC(=O)C[C@@H](CSCC(=O)N1CC([N+](=O)[O-])([N+](=O)[O-])C1)C(=O)O.C[C@@H](CSCC(=O)N1CC([N+](=O)[O-])([N+](=O)[O-])C1)C(=O)NCC(=O)O. The molecule has 3 aliphatic rings. The molecule has 2 unspecified atom stereocenters. The van der Waals surface area contributed by atoms with Gasteiger partial charge in [0.1, 0.15) is 65.8 Å². The van der Waals surface area contributed by atoms with E-state index in [0.29, 0.717) is 0 Å². The topological polar surface area (TPSA) is 610 Å². The summed E-state index contributed by atoms with van der Waals surface area (Å²) in [6, 6.07) is -1.60. The average molecular weight is 1290 g/mol. The first-order valence-electron chi connectivity index (χ1n) is 25.0. The third kappa shape index (κ3) is 23.0. The van der Waals surface area contributed by atoms with Gasteiger partial charge in [0.05, 0.1) is 41.2 Å². The second-order valence-electron chi connectivity index (χ2n) is 19.6. The van der Waals surface area contributed by atoms with Crippen molar-refractivity contribution in [1.82, 2.24) is 25.3 Å². The molecule has 0 aromatic rings. The molecular weight excluding hydrogens is 1230 g/mol. The lowest BCUT2D eigenvalue weighted by Gasteiger charge is -2.36. The van der Waals surface area contributed by atoms with Gasteiger partial charge in [0.25, 0.3) is 0 Å². The van der Waals surface area contributed by atoms with Crippen LogP contribution >= 0.6 is 35.3 Å². The van der Waals surface area contributed by atoms with Gasteiger partial charge in [0.15, 0.2) is 39.3 Å². The highest BCUT2D eigenvalue weighted by Gasteiger charge is 2.69. The minimum Gasteiger partial charge on any atom is -0.481 e. The van der Waals surface area contributed by atoms with E-state index >= 15 is 0 Å². The monoisotopic (exact) mass is 1290 g/mol. The minimum absolute atomic E-state index is 0.0359. The molecule has 0 saturated carbocycles. The van der Waals surface area contributed by atoms with E-state index in [-0.39, 0.29) is 96.2 Å². The van der Waals surface area contributed by atoms with Gasteiger partial charge in [0, 0.05) is 48.9 Å².